The lowest BCUT2D eigenvalue weighted by molar-refractivity contribution is -0.117. The first kappa shape index (κ1) is 13.8. The first-order chi connectivity index (χ1) is 8.71. The van der Waals surface area contributed by atoms with Gasteiger partial charge in [0.25, 0.3) is 0 Å². The number of amides is 1. The highest BCUT2D eigenvalue weighted by Gasteiger charge is 2.39. The van der Waals surface area contributed by atoms with Crippen LogP contribution in [0.3, 0.4) is 0 Å². The number of hydrogen-bond acceptors (Lipinski definition) is 4. The summed E-state index contributed by atoms with van der Waals surface area (Å²) in [6.45, 7) is 3.51. The highest BCUT2D eigenvalue weighted by atomic mass is 32.3. The van der Waals surface area contributed by atoms with E-state index >= 15 is 0 Å². The molecule has 7 heteroatoms. The van der Waals surface area contributed by atoms with E-state index in [1.165, 1.54) is 4.90 Å². The van der Waals surface area contributed by atoms with E-state index in [-0.39, 0.29) is 13.0 Å². The largest absolute Gasteiger partial charge is 0.397 e. The van der Waals surface area contributed by atoms with Gasteiger partial charge in [0.15, 0.2) is 0 Å². The quantitative estimate of drug-likeness (QED) is 0.656. The highest BCUT2D eigenvalue weighted by molar-refractivity contribution is 7.87. The van der Waals surface area contributed by atoms with Gasteiger partial charge in [0, 0.05) is 13.0 Å². The Kier molecular flexibility index (Phi) is 3.25. The fraction of sp³-hybridized carbons (Fsp3) is 0.417. The Morgan fingerprint density at radius 2 is 2.00 bits per heavy atom. The number of anilines is 2. The number of hydrogen-bond donors (Lipinski definition) is 1. The highest BCUT2D eigenvalue weighted by Crippen LogP contribution is 2.33. The number of carbonyl (C=O) groups excluding carboxylic acids is 1. The molecule has 1 saturated heterocycles. The van der Waals surface area contributed by atoms with Gasteiger partial charge in [-0.15, -0.1) is 3.89 Å². The normalized spacial score (nSPS) is 20.1. The van der Waals surface area contributed by atoms with Crippen molar-refractivity contribution in [1.82, 2.24) is 0 Å². The molecule has 1 aromatic rings. The molecule has 1 unspecified atom stereocenters. The fourth-order valence-electron chi connectivity index (χ4n) is 2.15. The molecule has 1 aliphatic heterocycles. The topological polar surface area (TPSA) is 80.5 Å². The summed E-state index contributed by atoms with van der Waals surface area (Å²) in [5.41, 5.74) is 8.61. The zero-order valence-electron chi connectivity index (χ0n) is 10.7. The molecule has 1 atom stereocenters. The summed E-state index contributed by atoms with van der Waals surface area (Å²) >= 11 is 0. The average molecular weight is 286 g/mol. The average Bonchev–Trinajstić information content (AvgIpc) is 2.68. The van der Waals surface area contributed by atoms with Crippen LogP contribution in [0.1, 0.15) is 17.5 Å². The van der Waals surface area contributed by atoms with Gasteiger partial charge >= 0.3 is 10.2 Å². The summed E-state index contributed by atoms with van der Waals surface area (Å²) < 4.78 is 34.7. The Bertz CT molecular complexity index is 643. The van der Waals surface area contributed by atoms with Crippen LogP contribution >= 0.6 is 0 Å². The number of benzene rings is 1. The number of nitrogens with zero attached hydrogens (tertiary/aromatic N) is 1. The first-order valence-electron chi connectivity index (χ1n) is 5.81. The van der Waals surface area contributed by atoms with Crippen LogP contribution in [0.25, 0.3) is 0 Å². The summed E-state index contributed by atoms with van der Waals surface area (Å²) in [5, 5.41) is -1.30. The number of nitrogen functional groups attached to an aromatic ring is 1. The van der Waals surface area contributed by atoms with Crippen molar-refractivity contribution in [1.29, 1.82) is 0 Å². The molecule has 1 amide bonds. The van der Waals surface area contributed by atoms with Crippen LogP contribution in [0.15, 0.2) is 12.1 Å². The number of halogens is 1. The van der Waals surface area contributed by atoms with Gasteiger partial charge in [-0.2, -0.15) is 8.42 Å². The molecule has 0 radical (unpaired) electrons. The second-order valence-corrected chi connectivity index (χ2v) is 6.36. The second kappa shape index (κ2) is 4.48. The number of nitrogens with two attached hydrogens (primary N) is 1. The van der Waals surface area contributed by atoms with Crippen molar-refractivity contribution in [2.45, 2.75) is 25.5 Å². The summed E-state index contributed by atoms with van der Waals surface area (Å²) in [4.78, 5) is 13.1. The van der Waals surface area contributed by atoms with E-state index in [1.807, 2.05) is 13.8 Å². The number of aryl methyl sites for hydroxylation is 1. The Hall–Kier alpha value is -1.63. The van der Waals surface area contributed by atoms with Crippen molar-refractivity contribution in [3.63, 3.8) is 0 Å². The van der Waals surface area contributed by atoms with E-state index in [1.54, 1.807) is 12.1 Å². The van der Waals surface area contributed by atoms with Crippen LogP contribution in [-0.4, -0.2) is 26.1 Å². The van der Waals surface area contributed by atoms with Crippen LogP contribution in [0.2, 0.25) is 0 Å². The van der Waals surface area contributed by atoms with Crippen LogP contribution in [-0.2, 0) is 15.0 Å². The summed E-state index contributed by atoms with van der Waals surface area (Å²) in [7, 11) is -4.71. The molecule has 0 saturated carbocycles. The Balaban J connectivity index is 2.39. The molecule has 5 nitrogen and oxygen atoms in total. The summed E-state index contributed by atoms with van der Waals surface area (Å²) in [6.07, 6.45) is -0.342. The molecule has 0 spiro atoms. The molecule has 19 heavy (non-hydrogen) atoms. The predicted octanol–water partition coefficient (Wildman–Crippen LogP) is 1.29. The van der Waals surface area contributed by atoms with Gasteiger partial charge in [0.1, 0.15) is 5.25 Å². The minimum absolute atomic E-state index is 0.190. The zero-order valence-corrected chi connectivity index (χ0v) is 11.5. The van der Waals surface area contributed by atoms with Crippen LogP contribution < -0.4 is 10.6 Å². The second-order valence-electron chi connectivity index (χ2n) is 4.75. The molecule has 0 aliphatic carbocycles. The van der Waals surface area contributed by atoms with E-state index in [2.05, 4.69) is 0 Å². The smallest absolute Gasteiger partial charge is 0.307 e. The molecule has 2 N–H and O–H groups in total. The summed E-state index contributed by atoms with van der Waals surface area (Å²) in [5.74, 6) is -0.429. The van der Waals surface area contributed by atoms with E-state index < -0.39 is 21.4 Å². The molecule has 1 aliphatic rings. The monoisotopic (exact) mass is 286 g/mol. The first-order valence-corrected chi connectivity index (χ1v) is 7.26. The molecular weight excluding hydrogens is 271 g/mol. The van der Waals surface area contributed by atoms with Gasteiger partial charge in [-0.05, 0) is 31.0 Å². The lowest BCUT2D eigenvalue weighted by atomic mass is 10.1. The summed E-state index contributed by atoms with van der Waals surface area (Å²) in [6, 6.07) is 3.45. The van der Waals surface area contributed by atoms with Crippen molar-refractivity contribution < 1.29 is 17.1 Å². The maximum absolute atomic E-state index is 13.0. The van der Waals surface area contributed by atoms with E-state index in [9.17, 15) is 17.1 Å². The van der Waals surface area contributed by atoms with Crippen molar-refractivity contribution in [3.8, 4) is 0 Å². The Labute approximate surface area is 111 Å². The van der Waals surface area contributed by atoms with Gasteiger partial charge in [-0.3, -0.25) is 4.79 Å². The van der Waals surface area contributed by atoms with Crippen molar-refractivity contribution in [3.05, 3.63) is 23.3 Å². The van der Waals surface area contributed by atoms with Gasteiger partial charge in [0.05, 0.1) is 11.4 Å². The van der Waals surface area contributed by atoms with Gasteiger partial charge in [-0.1, -0.05) is 6.07 Å². The Morgan fingerprint density at radius 3 is 2.53 bits per heavy atom. The number of rotatable bonds is 2. The number of carbonyl (C=O) groups is 1. The lowest BCUT2D eigenvalue weighted by Crippen LogP contribution is -2.27. The fourth-order valence-corrected chi connectivity index (χ4v) is 2.82. The standard InChI is InChI=1S/C12H15FN2O3S/c1-7-3-4-10(12(14)8(7)2)15-6-9(5-11(15)16)19(13,17)18/h3-4,9H,5-6,14H2,1-2H3. The zero-order chi connectivity index (χ0) is 14.4. The maximum Gasteiger partial charge on any atom is 0.307 e. The van der Waals surface area contributed by atoms with Crippen LogP contribution in [0.5, 0.6) is 0 Å². The predicted molar refractivity (Wildman–Crippen MR) is 71.1 cm³/mol. The van der Waals surface area contributed by atoms with Gasteiger partial charge < -0.3 is 10.6 Å². The van der Waals surface area contributed by atoms with E-state index in [4.69, 9.17) is 5.73 Å². The molecular formula is C12H15FN2O3S. The van der Waals surface area contributed by atoms with Gasteiger partial charge in [-0.25, -0.2) is 0 Å². The molecule has 1 fully saturated rings. The third kappa shape index (κ3) is 2.42. The molecule has 0 aromatic heterocycles. The molecule has 104 valence electrons. The Morgan fingerprint density at radius 1 is 1.37 bits per heavy atom. The molecule has 2 rings (SSSR count). The van der Waals surface area contributed by atoms with E-state index in [0.717, 1.165) is 11.1 Å². The minimum atomic E-state index is -4.71. The van der Waals surface area contributed by atoms with Crippen molar-refractivity contribution in [2.24, 2.45) is 0 Å². The molecule has 1 aromatic carbocycles. The van der Waals surface area contributed by atoms with Crippen LogP contribution in [0.4, 0.5) is 15.3 Å². The minimum Gasteiger partial charge on any atom is -0.397 e. The van der Waals surface area contributed by atoms with Crippen LogP contribution in [0, 0.1) is 13.8 Å². The molecule has 0 bridgehead atoms. The third-order valence-electron chi connectivity index (χ3n) is 3.54. The van der Waals surface area contributed by atoms with Crippen molar-refractivity contribution >= 4 is 27.5 Å². The lowest BCUT2D eigenvalue weighted by Gasteiger charge is -2.20. The SMILES string of the molecule is Cc1ccc(N2CC(S(=O)(=O)F)CC2=O)c(N)c1C. The van der Waals surface area contributed by atoms with Gasteiger partial charge in [0.2, 0.25) is 5.91 Å². The molecule has 1 heterocycles. The van der Waals surface area contributed by atoms with Crippen molar-refractivity contribution in [2.75, 3.05) is 17.2 Å². The van der Waals surface area contributed by atoms with E-state index in [0.29, 0.717) is 11.4 Å². The third-order valence-corrected chi connectivity index (χ3v) is 4.65. The maximum atomic E-state index is 13.0.